The van der Waals surface area contributed by atoms with E-state index < -0.39 is 6.10 Å². The van der Waals surface area contributed by atoms with E-state index in [1.54, 1.807) is 7.11 Å². The number of hydrogen-bond donors (Lipinski definition) is 2. The first-order valence-corrected chi connectivity index (χ1v) is 12.7. The molecular formula is C28H42N2O3. The van der Waals surface area contributed by atoms with Gasteiger partial charge in [0, 0.05) is 38.6 Å². The number of allylic oxidation sites excluding steroid dienone is 3. The number of aliphatic hydroxyl groups excluding tert-OH is 1. The standard InChI is InChI=1S/C26H36N2O3.C2H6/c1-30-26-12-6-8-21-17-28(14-13-25(21)26)18-23(29)19-31-24-11-5-2-7-20(15-24)16-27-22-9-3-4-10-22;1-2/h2,5-8,12,15,22-23,27,29H,3-4,9-11,13-14,16-19H2,1H3;1-2H3. The second kappa shape index (κ2) is 13.6. The minimum Gasteiger partial charge on any atom is -0.496 e. The molecule has 5 heteroatoms. The lowest BCUT2D eigenvalue weighted by atomic mass is 9.98. The maximum absolute atomic E-state index is 10.6. The molecule has 2 N–H and O–H groups in total. The van der Waals surface area contributed by atoms with Crippen molar-refractivity contribution >= 4 is 0 Å². The van der Waals surface area contributed by atoms with E-state index in [2.05, 4.69) is 40.6 Å². The highest BCUT2D eigenvalue weighted by Gasteiger charge is 2.21. The lowest BCUT2D eigenvalue weighted by Crippen LogP contribution is -2.38. The molecule has 1 unspecified atom stereocenters. The Morgan fingerprint density at radius 3 is 2.82 bits per heavy atom. The van der Waals surface area contributed by atoms with E-state index in [-0.39, 0.29) is 0 Å². The molecule has 0 bridgehead atoms. The van der Waals surface area contributed by atoms with Crippen molar-refractivity contribution in [3.8, 4) is 5.75 Å². The predicted molar refractivity (Wildman–Crippen MR) is 135 cm³/mol. The molecule has 1 atom stereocenters. The number of methoxy groups -OCH3 is 1. The third-order valence-electron chi connectivity index (χ3n) is 6.51. The minimum absolute atomic E-state index is 0.324. The van der Waals surface area contributed by atoms with Crippen LogP contribution in [0.25, 0.3) is 0 Å². The van der Waals surface area contributed by atoms with Crippen LogP contribution in [0.2, 0.25) is 0 Å². The summed E-state index contributed by atoms with van der Waals surface area (Å²) in [5, 5.41) is 14.3. The Morgan fingerprint density at radius 2 is 2.03 bits per heavy atom. The first kappa shape index (κ1) is 25.5. The minimum atomic E-state index is -0.510. The summed E-state index contributed by atoms with van der Waals surface area (Å²) in [7, 11) is 1.73. The topological polar surface area (TPSA) is 54.0 Å². The fourth-order valence-electron chi connectivity index (χ4n) is 4.83. The summed E-state index contributed by atoms with van der Waals surface area (Å²) in [6.07, 6.45) is 15.0. The van der Waals surface area contributed by atoms with E-state index in [1.165, 1.54) is 42.4 Å². The Hall–Kier alpha value is -2.08. The first-order valence-electron chi connectivity index (χ1n) is 12.7. The number of benzene rings is 1. The molecule has 1 aromatic rings. The van der Waals surface area contributed by atoms with Crippen molar-refractivity contribution < 1.29 is 14.6 Å². The van der Waals surface area contributed by atoms with Crippen LogP contribution in [0.3, 0.4) is 0 Å². The molecule has 1 aliphatic heterocycles. The van der Waals surface area contributed by atoms with Crippen LogP contribution < -0.4 is 10.1 Å². The summed E-state index contributed by atoms with van der Waals surface area (Å²) >= 11 is 0. The summed E-state index contributed by atoms with van der Waals surface area (Å²) in [6.45, 7) is 7.58. The molecule has 0 saturated heterocycles. The zero-order valence-corrected chi connectivity index (χ0v) is 20.7. The Balaban J connectivity index is 0.00000149. The SMILES string of the molecule is CC.COc1cccc2c1CCN(CC(O)COC1=CC(CNC3CCCC3)=CC=CC1)C2. The highest BCUT2D eigenvalue weighted by atomic mass is 16.5. The number of hydrogen-bond acceptors (Lipinski definition) is 5. The molecule has 1 saturated carbocycles. The number of β-amino-alcohol motifs (C(OH)–C–C–N with tert-alkyl or cyclic N) is 1. The Morgan fingerprint density at radius 1 is 1.21 bits per heavy atom. The molecule has 0 radical (unpaired) electrons. The average Bonchev–Trinajstić information content (AvgIpc) is 3.27. The Kier molecular flexibility index (Phi) is 10.5. The third kappa shape index (κ3) is 7.73. The Bertz CT molecular complexity index is 824. The molecule has 1 heterocycles. The fourth-order valence-corrected chi connectivity index (χ4v) is 4.83. The first-order chi connectivity index (χ1) is 16.2. The predicted octanol–water partition coefficient (Wildman–Crippen LogP) is 4.76. The highest BCUT2D eigenvalue weighted by molar-refractivity contribution is 5.41. The molecule has 0 amide bonds. The second-order valence-corrected chi connectivity index (χ2v) is 8.89. The summed E-state index contributed by atoms with van der Waals surface area (Å²) in [5.74, 6) is 1.90. The van der Waals surface area contributed by atoms with E-state index in [4.69, 9.17) is 9.47 Å². The van der Waals surface area contributed by atoms with Crippen LogP contribution in [-0.4, -0.2) is 55.5 Å². The number of fused-ring (bicyclic) bond motifs is 1. The van der Waals surface area contributed by atoms with Gasteiger partial charge in [0.25, 0.3) is 0 Å². The Labute approximate surface area is 200 Å². The smallest absolute Gasteiger partial charge is 0.122 e. The average molecular weight is 455 g/mol. The third-order valence-corrected chi connectivity index (χ3v) is 6.51. The molecule has 2 aliphatic carbocycles. The van der Waals surface area contributed by atoms with E-state index >= 15 is 0 Å². The molecule has 182 valence electrons. The van der Waals surface area contributed by atoms with Crippen molar-refractivity contribution in [2.45, 2.75) is 71.1 Å². The number of ether oxygens (including phenoxy) is 2. The number of nitrogens with zero attached hydrogens (tertiary/aromatic N) is 1. The maximum Gasteiger partial charge on any atom is 0.122 e. The van der Waals surface area contributed by atoms with Gasteiger partial charge in [0.15, 0.2) is 0 Å². The number of aliphatic hydroxyl groups is 1. The molecule has 4 rings (SSSR count). The van der Waals surface area contributed by atoms with Gasteiger partial charge in [-0.05, 0) is 48.1 Å². The van der Waals surface area contributed by atoms with Gasteiger partial charge in [-0.3, -0.25) is 4.90 Å². The summed E-state index contributed by atoms with van der Waals surface area (Å²) in [5.41, 5.74) is 3.83. The van der Waals surface area contributed by atoms with Gasteiger partial charge in [0.1, 0.15) is 24.2 Å². The molecule has 1 aromatic carbocycles. The summed E-state index contributed by atoms with van der Waals surface area (Å²) in [4.78, 5) is 2.30. The highest BCUT2D eigenvalue weighted by Crippen LogP contribution is 2.27. The van der Waals surface area contributed by atoms with Crippen molar-refractivity contribution in [1.82, 2.24) is 10.2 Å². The van der Waals surface area contributed by atoms with Gasteiger partial charge < -0.3 is 19.9 Å². The van der Waals surface area contributed by atoms with Crippen molar-refractivity contribution in [2.24, 2.45) is 0 Å². The van der Waals surface area contributed by atoms with Gasteiger partial charge in [-0.15, -0.1) is 0 Å². The summed E-state index contributed by atoms with van der Waals surface area (Å²) < 4.78 is 11.5. The summed E-state index contributed by atoms with van der Waals surface area (Å²) in [6, 6.07) is 6.88. The van der Waals surface area contributed by atoms with Crippen LogP contribution >= 0.6 is 0 Å². The van der Waals surface area contributed by atoms with Gasteiger partial charge in [0.05, 0.1) is 7.11 Å². The largest absolute Gasteiger partial charge is 0.496 e. The van der Waals surface area contributed by atoms with Crippen LogP contribution in [0.5, 0.6) is 5.75 Å². The zero-order valence-electron chi connectivity index (χ0n) is 20.7. The van der Waals surface area contributed by atoms with Crippen molar-refractivity contribution in [2.75, 3.05) is 33.4 Å². The van der Waals surface area contributed by atoms with Crippen LogP contribution in [-0.2, 0) is 17.7 Å². The normalized spacial score (nSPS) is 19.5. The lowest BCUT2D eigenvalue weighted by Gasteiger charge is -2.31. The van der Waals surface area contributed by atoms with Crippen molar-refractivity contribution in [3.05, 3.63) is 65.0 Å². The van der Waals surface area contributed by atoms with E-state index in [0.717, 1.165) is 44.0 Å². The van der Waals surface area contributed by atoms with Gasteiger partial charge >= 0.3 is 0 Å². The van der Waals surface area contributed by atoms with Crippen LogP contribution in [0.4, 0.5) is 0 Å². The van der Waals surface area contributed by atoms with Crippen LogP contribution in [0, 0.1) is 0 Å². The van der Waals surface area contributed by atoms with Crippen LogP contribution in [0.15, 0.2) is 53.8 Å². The van der Waals surface area contributed by atoms with Crippen molar-refractivity contribution in [1.29, 1.82) is 0 Å². The molecule has 33 heavy (non-hydrogen) atoms. The van der Waals surface area contributed by atoms with E-state index in [9.17, 15) is 5.11 Å². The van der Waals surface area contributed by atoms with Gasteiger partial charge in [-0.2, -0.15) is 0 Å². The quantitative estimate of drug-likeness (QED) is 0.563. The molecule has 0 spiro atoms. The maximum atomic E-state index is 10.6. The van der Waals surface area contributed by atoms with E-state index in [0.29, 0.717) is 19.2 Å². The van der Waals surface area contributed by atoms with Crippen molar-refractivity contribution in [3.63, 3.8) is 0 Å². The molecular weight excluding hydrogens is 412 g/mol. The molecule has 5 nitrogen and oxygen atoms in total. The van der Waals surface area contributed by atoms with Gasteiger partial charge in [-0.25, -0.2) is 0 Å². The van der Waals surface area contributed by atoms with Crippen LogP contribution in [0.1, 0.15) is 57.1 Å². The lowest BCUT2D eigenvalue weighted by molar-refractivity contribution is 0.0384. The second-order valence-electron chi connectivity index (χ2n) is 8.89. The number of rotatable bonds is 9. The molecule has 1 fully saturated rings. The zero-order chi connectivity index (χ0) is 23.5. The monoisotopic (exact) mass is 454 g/mol. The molecule has 3 aliphatic rings. The molecule has 0 aromatic heterocycles. The fraction of sp³-hybridized carbons (Fsp3) is 0.571. The van der Waals surface area contributed by atoms with E-state index in [1.807, 2.05) is 26.0 Å². The van der Waals surface area contributed by atoms with Gasteiger partial charge in [-0.1, -0.05) is 57.0 Å². The van der Waals surface area contributed by atoms with Gasteiger partial charge in [0.2, 0.25) is 0 Å². The number of nitrogens with one attached hydrogen (secondary N) is 1.